The summed E-state index contributed by atoms with van der Waals surface area (Å²) < 4.78 is 25.9. The Morgan fingerprint density at radius 1 is 1.40 bits per heavy atom. The van der Waals surface area contributed by atoms with E-state index in [1.54, 1.807) is 0 Å². The number of amidine groups is 1. The second-order valence-corrected chi connectivity index (χ2v) is 4.59. The first-order chi connectivity index (χ1) is 9.61. The molecule has 0 radical (unpaired) electrons. The smallest absolute Gasteiger partial charge is 0.278 e. The summed E-state index contributed by atoms with van der Waals surface area (Å²) in [5.41, 5.74) is 1.85. The first-order valence-electron chi connectivity index (χ1n) is 6.30. The van der Waals surface area contributed by atoms with Crippen molar-refractivity contribution in [1.82, 2.24) is 10.8 Å². The Bertz CT molecular complexity index is 528. The Morgan fingerprint density at radius 3 is 2.80 bits per heavy atom. The number of halogens is 2. The van der Waals surface area contributed by atoms with Gasteiger partial charge in [0.25, 0.3) is 5.91 Å². The van der Waals surface area contributed by atoms with E-state index in [1.165, 1.54) is 0 Å². The summed E-state index contributed by atoms with van der Waals surface area (Å²) in [6.07, 6.45) is 1.69. The predicted octanol–water partition coefficient (Wildman–Crippen LogP) is 1.48. The molecule has 3 N–H and O–H groups in total. The lowest BCUT2D eigenvalue weighted by atomic mass is 9.98. The molecule has 0 unspecified atom stereocenters. The lowest BCUT2D eigenvalue weighted by Crippen LogP contribution is -2.40. The number of benzene rings is 1. The second kappa shape index (κ2) is 6.53. The summed E-state index contributed by atoms with van der Waals surface area (Å²) in [4.78, 5) is 15.6. The minimum absolute atomic E-state index is 0.0691. The van der Waals surface area contributed by atoms with Crippen molar-refractivity contribution in [1.29, 1.82) is 0 Å². The van der Waals surface area contributed by atoms with Gasteiger partial charge in [-0.1, -0.05) is 0 Å². The second-order valence-electron chi connectivity index (χ2n) is 4.59. The maximum atomic E-state index is 13.1. The summed E-state index contributed by atoms with van der Waals surface area (Å²) in [7, 11) is 0. The predicted molar refractivity (Wildman–Crippen MR) is 68.6 cm³/mol. The highest BCUT2D eigenvalue weighted by atomic mass is 19.2. The van der Waals surface area contributed by atoms with Gasteiger partial charge in [0.2, 0.25) is 0 Å². The molecule has 2 rings (SSSR count). The van der Waals surface area contributed by atoms with Crippen LogP contribution in [-0.4, -0.2) is 30.0 Å². The molecule has 1 aliphatic rings. The van der Waals surface area contributed by atoms with E-state index in [-0.39, 0.29) is 17.3 Å². The van der Waals surface area contributed by atoms with Crippen LogP contribution in [0.3, 0.4) is 0 Å². The topological polar surface area (TPSA) is 73.7 Å². The zero-order valence-electron chi connectivity index (χ0n) is 10.7. The van der Waals surface area contributed by atoms with Crippen LogP contribution in [0.4, 0.5) is 8.78 Å². The van der Waals surface area contributed by atoms with Crippen molar-refractivity contribution in [2.24, 2.45) is 10.9 Å². The maximum absolute atomic E-state index is 13.1. The lowest BCUT2D eigenvalue weighted by molar-refractivity contribution is 0.0998. The third-order valence-electron chi connectivity index (χ3n) is 3.19. The van der Waals surface area contributed by atoms with Crippen LogP contribution in [0.5, 0.6) is 0 Å². The van der Waals surface area contributed by atoms with Gasteiger partial charge < -0.3 is 5.32 Å². The van der Waals surface area contributed by atoms with Gasteiger partial charge in [0.15, 0.2) is 11.6 Å². The number of hydroxylamine groups is 1. The quantitative estimate of drug-likeness (QED) is 0.437. The highest BCUT2D eigenvalue weighted by Gasteiger charge is 2.20. The van der Waals surface area contributed by atoms with Crippen molar-refractivity contribution in [3.05, 3.63) is 35.4 Å². The number of hydrogen-bond donors (Lipinski definition) is 3. The van der Waals surface area contributed by atoms with E-state index < -0.39 is 17.5 Å². The van der Waals surface area contributed by atoms with E-state index in [0.29, 0.717) is 6.54 Å². The fourth-order valence-electron chi connectivity index (χ4n) is 2.10. The number of nitrogens with one attached hydrogen (secondary N) is 2. The molecular formula is C13H15F2N3O2. The SMILES string of the molecule is O=C(N=C(NO)[C@H]1CCCNC1)c1ccc(F)c(F)c1. The molecule has 1 aliphatic heterocycles. The van der Waals surface area contributed by atoms with Gasteiger partial charge in [0.05, 0.1) is 0 Å². The molecule has 1 aromatic rings. The molecule has 20 heavy (non-hydrogen) atoms. The average molecular weight is 283 g/mol. The number of amides is 1. The summed E-state index contributed by atoms with van der Waals surface area (Å²) >= 11 is 0. The van der Waals surface area contributed by atoms with E-state index in [9.17, 15) is 13.6 Å². The highest BCUT2D eigenvalue weighted by Crippen LogP contribution is 2.13. The van der Waals surface area contributed by atoms with Gasteiger partial charge in [-0.2, -0.15) is 4.99 Å². The monoisotopic (exact) mass is 283 g/mol. The summed E-state index contributed by atoms with van der Waals surface area (Å²) in [5.74, 6) is -2.84. The number of hydrogen-bond acceptors (Lipinski definition) is 3. The summed E-state index contributed by atoms with van der Waals surface area (Å²) in [5, 5.41) is 12.2. The van der Waals surface area contributed by atoms with E-state index in [1.807, 2.05) is 5.48 Å². The van der Waals surface area contributed by atoms with Gasteiger partial charge in [-0.25, -0.2) is 8.78 Å². The molecule has 1 aromatic carbocycles. The van der Waals surface area contributed by atoms with Gasteiger partial charge >= 0.3 is 0 Å². The Balaban J connectivity index is 2.17. The zero-order valence-corrected chi connectivity index (χ0v) is 10.7. The van der Waals surface area contributed by atoms with Crippen molar-refractivity contribution in [3.63, 3.8) is 0 Å². The molecular weight excluding hydrogens is 268 g/mol. The number of nitrogens with zero attached hydrogens (tertiary/aromatic N) is 1. The van der Waals surface area contributed by atoms with Crippen LogP contribution < -0.4 is 10.8 Å². The van der Waals surface area contributed by atoms with Crippen molar-refractivity contribution in [3.8, 4) is 0 Å². The largest absolute Gasteiger partial charge is 0.316 e. The first-order valence-corrected chi connectivity index (χ1v) is 6.30. The van der Waals surface area contributed by atoms with Crippen molar-refractivity contribution in [2.75, 3.05) is 13.1 Å². The normalized spacial score (nSPS) is 19.8. The molecule has 0 spiro atoms. The standard InChI is InChI=1S/C13H15F2N3O2/c14-10-4-3-8(6-11(10)15)13(19)17-12(18-20)9-2-1-5-16-7-9/h3-4,6,9,16,20H,1-2,5,7H2,(H,17,18,19)/t9-/m0/s1. The van der Waals surface area contributed by atoms with Crippen LogP contribution in [0.25, 0.3) is 0 Å². The van der Waals surface area contributed by atoms with Gasteiger partial charge in [0, 0.05) is 18.0 Å². The molecule has 0 aromatic heterocycles. The number of piperidine rings is 1. The highest BCUT2D eigenvalue weighted by molar-refractivity contribution is 6.03. The van der Waals surface area contributed by atoms with Crippen LogP contribution >= 0.6 is 0 Å². The van der Waals surface area contributed by atoms with Crippen molar-refractivity contribution >= 4 is 11.7 Å². The van der Waals surface area contributed by atoms with Crippen LogP contribution in [0.2, 0.25) is 0 Å². The molecule has 0 saturated carbocycles. The number of aliphatic imine (C=N–C) groups is 1. The molecule has 108 valence electrons. The van der Waals surface area contributed by atoms with Crippen LogP contribution in [-0.2, 0) is 0 Å². The molecule has 1 amide bonds. The number of carbonyl (C=O) groups excluding carboxylic acids is 1. The minimum atomic E-state index is -1.11. The third kappa shape index (κ3) is 3.37. The van der Waals surface area contributed by atoms with Gasteiger partial charge in [-0.15, -0.1) is 0 Å². The zero-order chi connectivity index (χ0) is 14.5. The van der Waals surface area contributed by atoms with E-state index >= 15 is 0 Å². The molecule has 5 nitrogen and oxygen atoms in total. The molecule has 1 atom stereocenters. The van der Waals surface area contributed by atoms with Gasteiger partial charge in [-0.05, 0) is 37.6 Å². The van der Waals surface area contributed by atoms with Crippen LogP contribution in [0.1, 0.15) is 23.2 Å². The Kier molecular flexibility index (Phi) is 4.75. The maximum Gasteiger partial charge on any atom is 0.278 e. The number of carbonyl (C=O) groups is 1. The molecule has 1 heterocycles. The van der Waals surface area contributed by atoms with Gasteiger partial charge in [0.1, 0.15) is 5.84 Å². The molecule has 0 aliphatic carbocycles. The van der Waals surface area contributed by atoms with E-state index in [4.69, 9.17) is 5.21 Å². The van der Waals surface area contributed by atoms with Crippen LogP contribution in [0, 0.1) is 17.6 Å². The fourth-order valence-corrected chi connectivity index (χ4v) is 2.10. The molecule has 0 bridgehead atoms. The molecule has 1 fully saturated rings. The summed E-state index contributed by atoms with van der Waals surface area (Å²) in [6.45, 7) is 1.48. The van der Waals surface area contributed by atoms with E-state index in [0.717, 1.165) is 37.6 Å². The fraction of sp³-hybridized carbons (Fsp3) is 0.385. The Labute approximate surface area is 114 Å². The van der Waals surface area contributed by atoms with Crippen LogP contribution in [0.15, 0.2) is 23.2 Å². The molecule has 1 saturated heterocycles. The lowest BCUT2D eigenvalue weighted by Gasteiger charge is -2.23. The Hall–Kier alpha value is -1.86. The number of rotatable bonds is 2. The average Bonchev–Trinajstić information content (AvgIpc) is 2.48. The third-order valence-corrected chi connectivity index (χ3v) is 3.19. The first kappa shape index (κ1) is 14.5. The summed E-state index contributed by atoms with van der Waals surface area (Å²) in [6, 6.07) is 2.81. The minimum Gasteiger partial charge on any atom is -0.316 e. The molecule has 7 heteroatoms. The van der Waals surface area contributed by atoms with Crippen molar-refractivity contribution in [2.45, 2.75) is 12.8 Å². The Morgan fingerprint density at radius 2 is 2.20 bits per heavy atom. The van der Waals surface area contributed by atoms with Gasteiger partial charge in [-0.3, -0.25) is 15.5 Å². The van der Waals surface area contributed by atoms with E-state index in [2.05, 4.69) is 10.3 Å². The van der Waals surface area contributed by atoms with Crippen molar-refractivity contribution < 1.29 is 18.8 Å².